The van der Waals surface area contributed by atoms with Gasteiger partial charge in [-0.2, -0.15) is 14.6 Å². The molecule has 6 heteroatoms. The minimum Gasteiger partial charge on any atom is -0.481 e. The van der Waals surface area contributed by atoms with Crippen LogP contribution in [0, 0.1) is 3.57 Å². The van der Waals surface area contributed by atoms with Crippen molar-refractivity contribution in [1.82, 2.24) is 14.6 Å². The SMILES string of the molecule is COc1cc(OC)n2ncc(I)c2n1. The maximum atomic E-state index is 5.16. The summed E-state index contributed by atoms with van der Waals surface area (Å²) < 4.78 is 12.8. The fraction of sp³-hybridized carbons (Fsp3) is 0.250. The van der Waals surface area contributed by atoms with Crippen molar-refractivity contribution in [2.24, 2.45) is 0 Å². The molecule has 2 aromatic heterocycles. The Morgan fingerprint density at radius 2 is 2.14 bits per heavy atom. The zero-order valence-corrected chi connectivity index (χ0v) is 9.85. The second-order valence-corrected chi connectivity index (χ2v) is 3.73. The van der Waals surface area contributed by atoms with Gasteiger partial charge in [0.1, 0.15) is 0 Å². The van der Waals surface area contributed by atoms with E-state index in [0.29, 0.717) is 11.8 Å². The van der Waals surface area contributed by atoms with Gasteiger partial charge in [0.15, 0.2) is 5.65 Å². The van der Waals surface area contributed by atoms with Crippen LogP contribution >= 0.6 is 22.6 Å². The fourth-order valence-corrected chi connectivity index (χ4v) is 1.61. The van der Waals surface area contributed by atoms with Crippen LogP contribution in [-0.2, 0) is 0 Å². The first kappa shape index (κ1) is 9.50. The van der Waals surface area contributed by atoms with Crippen LogP contribution in [0.3, 0.4) is 0 Å². The van der Waals surface area contributed by atoms with Crippen molar-refractivity contribution in [1.29, 1.82) is 0 Å². The number of methoxy groups -OCH3 is 2. The molecule has 0 N–H and O–H groups in total. The molecule has 0 bridgehead atoms. The average Bonchev–Trinajstić information content (AvgIpc) is 2.59. The summed E-state index contributed by atoms with van der Waals surface area (Å²) in [7, 11) is 3.16. The Bertz CT molecular complexity index is 469. The van der Waals surface area contributed by atoms with Crippen molar-refractivity contribution < 1.29 is 9.47 Å². The zero-order chi connectivity index (χ0) is 10.1. The first-order valence-electron chi connectivity index (χ1n) is 3.88. The number of nitrogens with zero attached hydrogens (tertiary/aromatic N) is 3. The standard InChI is InChI=1S/C8H8IN3O2/c1-13-6-3-7(14-2)12-8(11-6)5(9)4-10-12/h3-4H,1-2H3. The van der Waals surface area contributed by atoms with E-state index in [2.05, 4.69) is 32.7 Å². The lowest BCUT2D eigenvalue weighted by Gasteiger charge is -2.05. The number of hydrogen-bond donors (Lipinski definition) is 0. The summed E-state index contributed by atoms with van der Waals surface area (Å²) in [5.41, 5.74) is 0.738. The molecule has 2 heterocycles. The molecule has 0 atom stereocenters. The third-order valence-corrected chi connectivity index (χ3v) is 2.55. The molecule has 0 aliphatic carbocycles. The maximum Gasteiger partial charge on any atom is 0.221 e. The van der Waals surface area contributed by atoms with Crippen LogP contribution < -0.4 is 9.47 Å². The highest BCUT2D eigenvalue weighted by atomic mass is 127. The molecule has 0 aliphatic heterocycles. The number of hydrogen-bond acceptors (Lipinski definition) is 4. The van der Waals surface area contributed by atoms with Gasteiger partial charge in [0.2, 0.25) is 11.8 Å². The molecule has 14 heavy (non-hydrogen) atoms. The number of fused-ring (bicyclic) bond motifs is 1. The first-order valence-corrected chi connectivity index (χ1v) is 4.96. The molecule has 0 spiro atoms. The maximum absolute atomic E-state index is 5.16. The van der Waals surface area contributed by atoms with E-state index in [1.807, 2.05) is 0 Å². The predicted molar refractivity (Wildman–Crippen MR) is 58.8 cm³/mol. The molecule has 0 aromatic carbocycles. The molecule has 0 amide bonds. The number of halogens is 1. The molecular weight excluding hydrogens is 297 g/mol. The van der Waals surface area contributed by atoms with Crippen molar-refractivity contribution >= 4 is 28.2 Å². The van der Waals surface area contributed by atoms with Crippen LogP contribution in [-0.4, -0.2) is 28.8 Å². The Morgan fingerprint density at radius 3 is 2.79 bits per heavy atom. The van der Waals surface area contributed by atoms with Gasteiger partial charge in [-0.25, -0.2) is 0 Å². The normalized spacial score (nSPS) is 10.5. The summed E-state index contributed by atoms with van der Waals surface area (Å²) in [5.74, 6) is 1.13. The van der Waals surface area contributed by atoms with Gasteiger partial charge >= 0.3 is 0 Å². The predicted octanol–water partition coefficient (Wildman–Crippen LogP) is 1.35. The number of ether oxygens (including phenoxy) is 2. The monoisotopic (exact) mass is 305 g/mol. The van der Waals surface area contributed by atoms with Crippen molar-refractivity contribution in [3.63, 3.8) is 0 Å². The summed E-state index contributed by atoms with van der Waals surface area (Å²) in [4.78, 5) is 4.25. The second kappa shape index (κ2) is 3.60. The zero-order valence-electron chi connectivity index (χ0n) is 7.69. The van der Waals surface area contributed by atoms with Crippen LogP contribution in [0.25, 0.3) is 5.65 Å². The summed E-state index contributed by atoms with van der Waals surface area (Å²) in [6.07, 6.45) is 1.73. The van der Waals surface area contributed by atoms with E-state index in [4.69, 9.17) is 9.47 Å². The summed E-state index contributed by atoms with van der Waals surface area (Å²) in [6, 6.07) is 1.69. The Hall–Kier alpha value is -1.05. The Morgan fingerprint density at radius 1 is 1.36 bits per heavy atom. The largest absolute Gasteiger partial charge is 0.481 e. The second-order valence-electron chi connectivity index (χ2n) is 2.57. The average molecular weight is 305 g/mol. The van der Waals surface area contributed by atoms with Gasteiger partial charge in [-0.1, -0.05) is 0 Å². The van der Waals surface area contributed by atoms with E-state index in [0.717, 1.165) is 9.22 Å². The molecular formula is C8H8IN3O2. The van der Waals surface area contributed by atoms with Gasteiger partial charge in [0.25, 0.3) is 0 Å². The van der Waals surface area contributed by atoms with Crippen molar-refractivity contribution in [3.05, 3.63) is 15.8 Å². The summed E-state index contributed by atoms with van der Waals surface area (Å²) in [5, 5.41) is 4.13. The molecule has 5 nitrogen and oxygen atoms in total. The highest BCUT2D eigenvalue weighted by molar-refractivity contribution is 14.1. The van der Waals surface area contributed by atoms with Gasteiger partial charge in [0.05, 0.1) is 30.1 Å². The van der Waals surface area contributed by atoms with Gasteiger partial charge in [-0.05, 0) is 22.6 Å². The molecule has 0 radical (unpaired) electrons. The third kappa shape index (κ3) is 1.39. The van der Waals surface area contributed by atoms with Crippen LogP contribution in [0.1, 0.15) is 0 Å². The Labute approximate surface area is 94.2 Å². The van der Waals surface area contributed by atoms with Crippen LogP contribution in [0.15, 0.2) is 12.3 Å². The van der Waals surface area contributed by atoms with Crippen molar-refractivity contribution in [2.75, 3.05) is 14.2 Å². The third-order valence-electron chi connectivity index (χ3n) is 1.79. The minimum atomic E-state index is 0.521. The minimum absolute atomic E-state index is 0.521. The van der Waals surface area contributed by atoms with Crippen molar-refractivity contribution in [3.8, 4) is 11.8 Å². The summed E-state index contributed by atoms with van der Waals surface area (Å²) in [6.45, 7) is 0. The fourth-order valence-electron chi connectivity index (χ4n) is 1.14. The van der Waals surface area contributed by atoms with Gasteiger partial charge in [-0.15, -0.1) is 0 Å². The lowest BCUT2D eigenvalue weighted by Crippen LogP contribution is -1.99. The molecule has 2 rings (SSSR count). The summed E-state index contributed by atoms with van der Waals surface area (Å²) >= 11 is 2.16. The molecule has 0 aliphatic rings. The highest BCUT2D eigenvalue weighted by Crippen LogP contribution is 2.21. The van der Waals surface area contributed by atoms with E-state index >= 15 is 0 Å². The van der Waals surface area contributed by atoms with Crippen molar-refractivity contribution in [2.45, 2.75) is 0 Å². The van der Waals surface area contributed by atoms with E-state index < -0.39 is 0 Å². The lowest BCUT2D eigenvalue weighted by molar-refractivity contribution is 0.365. The number of rotatable bonds is 2. The van der Waals surface area contributed by atoms with Crippen LogP contribution in [0.4, 0.5) is 0 Å². The van der Waals surface area contributed by atoms with E-state index in [-0.39, 0.29) is 0 Å². The molecule has 0 saturated carbocycles. The van der Waals surface area contributed by atoms with Crippen LogP contribution in [0.5, 0.6) is 11.8 Å². The topological polar surface area (TPSA) is 48.7 Å². The smallest absolute Gasteiger partial charge is 0.221 e. The first-order chi connectivity index (χ1) is 6.76. The quantitative estimate of drug-likeness (QED) is 0.786. The van der Waals surface area contributed by atoms with E-state index in [9.17, 15) is 0 Å². The van der Waals surface area contributed by atoms with Gasteiger partial charge < -0.3 is 9.47 Å². The van der Waals surface area contributed by atoms with Gasteiger partial charge in [-0.3, -0.25) is 0 Å². The molecule has 0 saturated heterocycles. The Kier molecular flexibility index (Phi) is 2.44. The molecule has 0 unspecified atom stereocenters. The van der Waals surface area contributed by atoms with Crippen LogP contribution in [0.2, 0.25) is 0 Å². The Balaban J connectivity index is 2.76. The van der Waals surface area contributed by atoms with Gasteiger partial charge in [0, 0.05) is 0 Å². The lowest BCUT2D eigenvalue weighted by atomic mass is 10.5. The van der Waals surface area contributed by atoms with E-state index in [1.54, 1.807) is 31.0 Å². The molecule has 2 aromatic rings. The molecule has 0 fully saturated rings. The molecule has 74 valence electrons. The highest BCUT2D eigenvalue weighted by Gasteiger charge is 2.09. The number of aromatic nitrogens is 3. The van der Waals surface area contributed by atoms with E-state index in [1.165, 1.54) is 0 Å².